The third-order valence-electron chi connectivity index (χ3n) is 4.31. The van der Waals surface area contributed by atoms with Crippen molar-refractivity contribution in [2.75, 3.05) is 0 Å². The van der Waals surface area contributed by atoms with E-state index in [-0.39, 0.29) is 30.4 Å². The third-order valence-corrected chi connectivity index (χ3v) is 5.87. The maximum absolute atomic E-state index is 13.3. The Bertz CT molecular complexity index is 1030. The fourth-order valence-electron chi connectivity index (χ4n) is 2.99. The van der Waals surface area contributed by atoms with E-state index in [4.69, 9.17) is 27.9 Å². The summed E-state index contributed by atoms with van der Waals surface area (Å²) in [5.74, 6) is -0.126. The molecule has 31 heavy (non-hydrogen) atoms. The van der Waals surface area contributed by atoms with E-state index >= 15 is 0 Å². The number of ether oxygens (including phenoxy) is 1. The number of nitrogens with zero attached hydrogens (tertiary/aromatic N) is 2. The first kappa shape index (κ1) is 23.6. The molecule has 1 saturated heterocycles. The highest BCUT2D eigenvalue weighted by atomic mass is 35.5. The van der Waals surface area contributed by atoms with E-state index in [1.165, 1.54) is 23.9 Å². The molecule has 0 aromatic heterocycles. The van der Waals surface area contributed by atoms with Gasteiger partial charge < -0.3 is 4.74 Å². The van der Waals surface area contributed by atoms with Crippen LogP contribution in [0, 0.1) is 5.82 Å². The zero-order valence-electron chi connectivity index (χ0n) is 17.7. The van der Waals surface area contributed by atoms with Crippen molar-refractivity contribution in [3.8, 4) is 5.75 Å². The van der Waals surface area contributed by atoms with Gasteiger partial charge in [-0.3, -0.25) is 14.7 Å². The molecular weight excluding hydrogens is 458 g/mol. The van der Waals surface area contributed by atoms with Gasteiger partial charge in [0.2, 0.25) is 0 Å². The van der Waals surface area contributed by atoms with Gasteiger partial charge in [-0.2, -0.15) is 0 Å². The first-order valence-corrected chi connectivity index (χ1v) is 11.4. The lowest BCUT2D eigenvalue weighted by molar-refractivity contribution is -0.123. The number of amides is 1. The van der Waals surface area contributed by atoms with Crippen LogP contribution in [0.15, 0.2) is 46.3 Å². The second-order valence-electron chi connectivity index (χ2n) is 7.62. The van der Waals surface area contributed by atoms with E-state index in [0.717, 1.165) is 0 Å². The number of amidine groups is 1. The highest BCUT2D eigenvalue weighted by Gasteiger charge is 2.35. The molecule has 0 unspecified atom stereocenters. The predicted octanol–water partition coefficient (Wildman–Crippen LogP) is 6.80. The number of carbonyl (C=O) groups is 1. The summed E-state index contributed by atoms with van der Waals surface area (Å²) in [7, 11) is 0. The smallest absolute Gasteiger partial charge is 0.266 e. The van der Waals surface area contributed by atoms with Crippen molar-refractivity contribution in [1.82, 2.24) is 4.90 Å². The Hall–Kier alpha value is -2.02. The third kappa shape index (κ3) is 5.82. The van der Waals surface area contributed by atoms with Crippen LogP contribution >= 0.6 is 35.0 Å². The number of halogens is 3. The van der Waals surface area contributed by atoms with Crippen LogP contribution in [0.5, 0.6) is 5.75 Å². The number of benzene rings is 2. The topological polar surface area (TPSA) is 41.9 Å². The Morgan fingerprint density at radius 3 is 2.42 bits per heavy atom. The number of rotatable bonds is 6. The van der Waals surface area contributed by atoms with Gasteiger partial charge in [0.15, 0.2) is 10.9 Å². The summed E-state index contributed by atoms with van der Waals surface area (Å²) in [5.41, 5.74) is 1.34. The minimum absolute atomic E-state index is 0.00539. The quantitative estimate of drug-likeness (QED) is 0.426. The van der Waals surface area contributed by atoms with Gasteiger partial charge >= 0.3 is 0 Å². The maximum atomic E-state index is 13.3. The van der Waals surface area contributed by atoms with Crippen LogP contribution in [-0.2, 0) is 11.4 Å². The van der Waals surface area contributed by atoms with Crippen LogP contribution in [0.1, 0.15) is 38.8 Å². The van der Waals surface area contributed by atoms with Crippen molar-refractivity contribution in [3.63, 3.8) is 0 Å². The summed E-state index contributed by atoms with van der Waals surface area (Å²) in [6.45, 7) is 7.98. The summed E-state index contributed by atoms with van der Waals surface area (Å²) < 4.78 is 19.1. The van der Waals surface area contributed by atoms with E-state index in [2.05, 4.69) is 4.99 Å². The summed E-state index contributed by atoms with van der Waals surface area (Å²) in [6.07, 6.45) is 1.75. The highest BCUT2D eigenvalue weighted by molar-refractivity contribution is 8.18. The van der Waals surface area contributed by atoms with E-state index < -0.39 is 0 Å². The molecular formula is C23H23Cl2FN2O2S. The standard InChI is InChI=1S/C23H23Cl2FN2O2S/c1-13(2)27-23-28(14(3)4)22(29)20(31-23)11-16-9-18(24)21(19(25)10-16)30-12-15-6-5-7-17(26)8-15/h5-11,13-14H,12H2,1-4H3/b20-11+,27-23?. The van der Waals surface area contributed by atoms with Crippen molar-refractivity contribution in [2.24, 2.45) is 4.99 Å². The van der Waals surface area contributed by atoms with Crippen LogP contribution in [0.25, 0.3) is 6.08 Å². The Balaban J connectivity index is 1.84. The molecule has 0 atom stereocenters. The molecule has 1 aliphatic rings. The Kier molecular flexibility index (Phi) is 7.68. The Morgan fingerprint density at radius 2 is 1.84 bits per heavy atom. The van der Waals surface area contributed by atoms with Gasteiger partial charge in [-0.25, -0.2) is 4.39 Å². The van der Waals surface area contributed by atoms with Crippen molar-refractivity contribution in [1.29, 1.82) is 0 Å². The minimum Gasteiger partial charge on any atom is -0.486 e. The number of carbonyl (C=O) groups excluding carboxylic acids is 1. The molecule has 2 aromatic rings. The molecule has 1 amide bonds. The van der Waals surface area contributed by atoms with Crippen molar-refractivity contribution in [3.05, 3.63) is 68.3 Å². The molecule has 2 aromatic carbocycles. The second-order valence-corrected chi connectivity index (χ2v) is 9.44. The van der Waals surface area contributed by atoms with Gasteiger partial charge in [0, 0.05) is 12.1 Å². The van der Waals surface area contributed by atoms with E-state index in [0.29, 0.717) is 37.0 Å². The van der Waals surface area contributed by atoms with E-state index in [1.54, 1.807) is 35.2 Å². The fourth-order valence-corrected chi connectivity index (χ4v) is 4.83. The highest BCUT2D eigenvalue weighted by Crippen LogP contribution is 2.38. The zero-order chi connectivity index (χ0) is 22.7. The molecule has 8 heteroatoms. The van der Waals surface area contributed by atoms with Crippen LogP contribution in [0.4, 0.5) is 4.39 Å². The average molecular weight is 481 g/mol. The van der Waals surface area contributed by atoms with Gasteiger partial charge in [-0.05, 0) is 80.9 Å². The molecule has 164 valence electrons. The fraction of sp³-hybridized carbons (Fsp3) is 0.304. The Morgan fingerprint density at radius 1 is 1.16 bits per heavy atom. The summed E-state index contributed by atoms with van der Waals surface area (Å²) >= 11 is 14.1. The number of aliphatic imine (C=N–C) groups is 1. The average Bonchev–Trinajstić information content (AvgIpc) is 2.95. The summed E-state index contributed by atoms with van der Waals surface area (Å²) in [4.78, 5) is 19.7. The molecule has 0 spiro atoms. The summed E-state index contributed by atoms with van der Waals surface area (Å²) in [6, 6.07) is 9.57. The molecule has 1 heterocycles. The van der Waals surface area contributed by atoms with Gasteiger partial charge in [-0.1, -0.05) is 35.3 Å². The Labute approximate surface area is 196 Å². The minimum atomic E-state index is -0.338. The van der Waals surface area contributed by atoms with Crippen LogP contribution in [0.2, 0.25) is 10.0 Å². The SMILES string of the molecule is CC(C)N=C1S/C(=C/c2cc(Cl)c(OCc3cccc(F)c3)c(Cl)c2)C(=O)N1C(C)C. The lowest BCUT2D eigenvalue weighted by atomic mass is 10.2. The zero-order valence-corrected chi connectivity index (χ0v) is 20.0. The first-order chi connectivity index (χ1) is 14.7. The number of thioether (sulfide) groups is 1. The number of hydrogen-bond donors (Lipinski definition) is 0. The lowest BCUT2D eigenvalue weighted by Gasteiger charge is -2.20. The van der Waals surface area contributed by atoms with Gasteiger partial charge in [-0.15, -0.1) is 0 Å². The largest absolute Gasteiger partial charge is 0.486 e. The molecule has 1 aliphatic heterocycles. The molecule has 0 aliphatic carbocycles. The van der Waals surface area contributed by atoms with Crippen LogP contribution < -0.4 is 4.74 Å². The molecule has 4 nitrogen and oxygen atoms in total. The summed E-state index contributed by atoms with van der Waals surface area (Å²) in [5, 5.41) is 1.31. The van der Waals surface area contributed by atoms with Crippen molar-refractivity contribution >= 4 is 52.1 Å². The predicted molar refractivity (Wildman–Crippen MR) is 127 cm³/mol. The monoisotopic (exact) mass is 480 g/mol. The van der Waals surface area contributed by atoms with Gasteiger partial charge in [0.25, 0.3) is 5.91 Å². The maximum Gasteiger partial charge on any atom is 0.266 e. The second kappa shape index (κ2) is 10.1. The molecule has 0 radical (unpaired) electrons. The lowest BCUT2D eigenvalue weighted by Crippen LogP contribution is -2.35. The molecule has 0 bridgehead atoms. The van der Waals surface area contributed by atoms with E-state index in [1.807, 2.05) is 27.7 Å². The van der Waals surface area contributed by atoms with Crippen molar-refractivity contribution < 1.29 is 13.9 Å². The molecule has 0 N–H and O–H groups in total. The first-order valence-electron chi connectivity index (χ1n) is 9.83. The normalized spacial score (nSPS) is 16.9. The van der Waals surface area contributed by atoms with Gasteiger partial charge in [0.05, 0.1) is 15.0 Å². The van der Waals surface area contributed by atoms with Gasteiger partial charge in [0.1, 0.15) is 12.4 Å². The molecule has 3 rings (SSSR count). The van der Waals surface area contributed by atoms with E-state index in [9.17, 15) is 9.18 Å². The van der Waals surface area contributed by atoms with Crippen molar-refractivity contribution in [2.45, 2.75) is 46.4 Å². The van der Waals surface area contributed by atoms with Crippen LogP contribution in [-0.4, -0.2) is 28.1 Å². The molecule has 1 fully saturated rings. The van der Waals surface area contributed by atoms with Crippen LogP contribution in [0.3, 0.4) is 0 Å². The molecule has 0 saturated carbocycles. The number of hydrogen-bond acceptors (Lipinski definition) is 4.